The van der Waals surface area contributed by atoms with E-state index in [9.17, 15) is 0 Å². The highest BCUT2D eigenvalue weighted by molar-refractivity contribution is 5.55. The molecule has 2 rings (SSSR count). The van der Waals surface area contributed by atoms with Crippen LogP contribution in [0.4, 0.5) is 0 Å². The Kier molecular flexibility index (Phi) is 3.85. The lowest BCUT2D eigenvalue weighted by Gasteiger charge is -2.20. The summed E-state index contributed by atoms with van der Waals surface area (Å²) in [5, 5.41) is 7.33. The van der Waals surface area contributed by atoms with Crippen molar-refractivity contribution in [3.8, 4) is 17.1 Å². The smallest absolute Gasteiger partial charge is 0.246 e. The Labute approximate surface area is 113 Å². The Hall–Kier alpha value is -1.88. The van der Waals surface area contributed by atoms with Gasteiger partial charge in [0.2, 0.25) is 11.7 Å². The van der Waals surface area contributed by atoms with Crippen LogP contribution in [0.1, 0.15) is 26.7 Å². The van der Waals surface area contributed by atoms with Gasteiger partial charge < -0.3 is 14.6 Å². The topological polar surface area (TPSA) is 60.2 Å². The predicted octanol–water partition coefficient (Wildman–Crippen LogP) is 2.59. The zero-order chi connectivity index (χ0) is 13.9. The van der Waals surface area contributed by atoms with Gasteiger partial charge in [-0.15, -0.1) is 0 Å². The van der Waals surface area contributed by atoms with E-state index < -0.39 is 0 Å². The van der Waals surface area contributed by atoms with Gasteiger partial charge in [0.25, 0.3) is 0 Å². The molecule has 2 aromatic rings. The van der Waals surface area contributed by atoms with Gasteiger partial charge in [0.1, 0.15) is 5.75 Å². The van der Waals surface area contributed by atoms with Crippen LogP contribution in [0.3, 0.4) is 0 Å². The number of aromatic nitrogens is 2. The van der Waals surface area contributed by atoms with Crippen molar-refractivity contribution >= 4 is 0 Å². The van der Waals surface area contributed by atoms with E-state index in [4.69, 9.17) is 9.26 Å². The molecule has 0 aliphatic rings. The summed E-state index contributed by atoms with van der Waals surface area (Å²) in [6, 6.07) is 7.57. The van der Waals surface area contributed by atoms with Gasteiger partial charge in [0.05, 0.1) is 12.6 Å². The molecular formula is C14H19N3O2. The van der Waals surface area contributed by atoms with E-state index >= 15 is 0 Å². The van der Waals surface area contributed by atoms with Crippen molar-refractivity contribution < 1.29 is 9.26 Å². The van der Waals surface area contributed by atoms with Crippen molar-refractivity contribution in [2.75, 3.05) is 13.7 Å². The van der Waals surface area contributed by atoms with E-state index in [1.165, 1.54) is 0 Å². The van der Waals surface area contributed by atoms with Crippen molar-refractivity contribution in [1.29, 1.82) is 0 Å². The molecule has 0 aliphatic heterocycles. The van der Waals surface area contributed by atoms with Gasteiger partial charge in [0.15, 0.2) is 0 Å². The van der Waals surface area contributed by atoms with Crippen LogP contribution >= 0.6 is 0 Å². The molecule has 0 radical (unpaired) electrons. The van der Waals surface area contributed by atoms with Crippen LogP contribution < -0.4 is 10.1 Å². The molecule has 0 bridgehead atoms. The maximum absolute atomic E-state index is 5.34. The Morgan fingerprint density at radius 2 is 1.95 bits per heavy atom. The summed E-state index contributed by atoms with van der Waals surface area (Å²) in [4.78, 5) is 4.45. The first kappa shape index (κ1) is 13.5. The van der Waals surface area contributed by atoms with Crippen molar-refractivity contribution in [2.45, 2.75) is 26.3 Å². The minimum Gasteiger partial charge on any atom is -0.497 e. The summed E-state index contributed by atoms with van der Waals surface area (Å²) < 4.78 is 10.5. The van der Waals surface area contributed by atoms with Crippen LogP contribution in [-0.4, -0.2) is 23.8 Å². The molecule has 0 fully saturated rings. The number of rotatable bonds is 5. The Balaban J connectivity index is 2.25. The van der Waals surface area contributed by atoms with Gasteiger partial charge >= 0.3 is 0 Å². The average Bonchev–Trinajstić information content (AvgIpc) is 2.89. The third-order valence-electron chi connectivity index (χ3n) is 2.93. The van der Waals surface area contributed by atoms with Gasteiger partial charge in [-0.3, -0.25) is 0 Å². The molecule has 0 atom stereocenters. The molecule has 0 amide bonds. The standard InChI is InChI=1S/C14H19N3O2/c1-5-15-14(2,3)13-16-12(17-19-13)10-6-8-11(18-4)9-7-10/h6-9,15H,5H2,1-4H3. The molecule has 102 valence electrons. The normalized spacial score (nSPS) is 11.6. The Bertz CT molecular complexity index is 532. The fourth-order valence-electron chi connectivity index (χ4n) is 1.85. The monoisotopic (exact) mass is 261 g/mol. The first-order valence-corrected chi connectivity index (χ1v) is 6.30. The number of hydrogen-bond donors (Lipinski definition) is 1. The predicted molar refractivity (Wildman–Crippen MR) is 73.0 cm³/mol. The summed E-state index contributed by atoms with van der Waals surface area (Å²) in [6.45, 7) is 6.92. The highest BCUT2D eigenvalue weighted by Gasteiger charge is 2.26. The summed E-state index contributed by atoms with van der Waals surface area (Å²) in [5.41, 5.74) is 0.579. The minimum absolute atomic E-state index is 0.327. The van der Waals surface area contributed by atoms with Crippen LogP contribution in [0.25, 0.3) is 11.4 Å². The van der Waals surface area contributed by atoms with Crippen LogP contribution in [0.5, 0.6) is 5.75 Å². The summed E-state index contributed by atoms with van der Waals surface area (Å²) >= 11 is 0. The zero-order valence-electron chi connectivity index (χ0n) is 11.7. The SMILES string of the molecule is CCNC(C)(C)c1nc(-c2ccc(OC)cc2)no1. The fourth-order valence-corrected chi connectivity index (χ4v) is 1.85. The largest absolute Gasteiger partial charge is 0.497 e. The molecule has 19 heavy (non-hydrogen) atoms. The molecule has 0 unspecified atom stereocenters. The van der Waals surface area contributed by atoms with E-state index in [0.717, 1.165) is 17.9 Å². The van der Waals surface area contributed by atoms with E-state index in [-0.39, 0.29) is 5.54 Å². The van der Waals surface area contributed by atoms with E-state index in [1.54, 1.807) is 7.11 Å². The van der Waals surface area contributed by atoms with E-state index in [2.05, 4.69) is 15.5 Å². The van der Waals surface area contributed by atoms with Crippen molar-refractivity contribution in [3.63, 3.8) is 0 Å². The Morgan fingerprint density at radius 1 is 1.26 bits per heavy atom. The lowest BCUT2D eigenvalue weighted by Crippen LogP contribution is -2.36. The van der Waals surface area contributed by atoms with E-state index in [0.29, 0.717) is 11.7 Å². The van der Waals surface area contributed by atoms with Crippen LogP contribution in [0, 0.1) is 0 Å². The van der Waals surface area contributed by atoms with Crippen LogP contribution in [0.15, 0.2) is 28.8 Å². The van der Waals surface area contributed by atoms with Crippen molar-refractivity contribution in [2.24, 2.45) is 0 Å². The molecule has 0 spiro atoms. The highest BCUT2D eigenvalue weighted by atomic mass is 16.5. The lowest BCUT2D eigenvalue weighted by atomic mass is 10.1. The first-order chi connectivity index (χ1) is 9.06. The molecule has 1 heterocycles. The second-order valence-corrected chi connectivity index (χ2v) is 4.81. The molecule has 1 aromatic carbocycles. The molecule has 1 aromatic heterocycles. The van der Waals surface area contributed by atoms with Crippen LogP contribution in [-0.2, 0) is 5.54 Å². The molecule has 0 saturated heterocycles. The van der Waals surface area contributed by atoms with Crippen molar-refractivity contribution in [1.82, 2.24) is 15.5 Å². The minimum atomic E-state index is -0.327. The number of benzene rings is 1. The quantitative estimate of drug-likeness (QED) is 0.896. The first-order valence-electron chi connectivity index (χ1n) is 6.30. The average molecular weight is 261 g/mol. The second-order valence-electron chi connectivity index (χ2n) is 4.81. The number of hydrogen-bond acceptors (Lipinski definition) is 5. The molecular weight excluding hydrogens is 242 g/mol. The number of nitrogens with one attached hydrogen (secondary N) is 1. The second kappa shape index (κ2) is 5.40. The van der Waals surface area contributed by atoms with Gasteiger partial charge in [-0.25, -0.2) is 0 Å². The summed E-state index contributed by atoms with van der Waals surface area (Å²) in [5.74, 6) is 1.98. The zero-order valence-corrected chi connectivity index (χ0v) is 11.7. The summed E-state index contributed by atoms with van der Waals surface area (Å²) in [6.07, 6.45) is 0. The summed E-state index contributed by atoms with van der Waals surface area (Å²) in [7, 11) is 1.64. The highest BCUT2D eigenvalue weighted by Crippen LogP contribution is 2.23. The van der Waals surface area contributed by atoms with Crippen LogP contribution in [0.2, 0.25) is 0 Å². The fraction of sp³-hybridized carbons (Fsp3) is 0.429. The molecule has 5 heteroatoms. The van der Waals surface area contributed by atoms with Gasteiger partial charge in [-0.05, 0) is 44.7 Å². The Morgan fingerprint density at radius 3 is 2.53 bits per heavy atom. The number of nitrogens with zero attached hydrogens (tertiary/aromatic N) is 2. The maximum Gasteiger partial charge on any atom is 0.246 e. The molecule has 5 nitrogen and oxygen atoms in total. The van der Waals surface area contributed by atoms with E-state index in [1.807, 2.05) is 45.0 Å². The molecule has 0 saturated carbocycles. The van der Waals surface area contributed by atoms with Crippen molar-refractivity contribution in [3.05, 3.63) is 30.2 Å². The lowest BCUT2D eigenvalue weighted by molar-refractivity contribution is 0.272. The van der Waals surface area contributed by atoms with Gasteiger partial charge in [-0.1, -0.05) is 12.1 Å². The number of ether oxygens (including phenoxy) is 1. The third kappa shape index (κ3) is 2.93. The molecule has 0 aliphatic carbocycles. The molecule has 1 N–H and O–H groups in total. The van der Waals surface area contributed by atoms with Gasteiger partial charge in [0, 0.05) is 5.56 Å². The third-order valence-corrected chi connectivity index (χ3v) is 2.93. The number of methoxy groups -OCH3 is 1. The maximum atomic E-state index is 5.34. The van der Waals surface area contributed by atoms with Gasteiger partial charge in [-0.2, -0.15) is 4.98 Å².